The predicted molar refractivity (Wildman–Crippen MR) is 76.5 cm³/mol. The van der Waals surface area contributed by atoms with Crippen molar-refractivity contribution in [1.29, 1.82) is 0 Å². The van der Waals surface area contributed by atoms with Gasteiger partial charge in [0.25, 0.3) is 0 Å². The van der Waals surface area contributed by atoms with Crippen LogP contribution >= 0.6 is 11.6 Å². The van der Waals surface area contributed by atoms with Crippen molar-refractivity contribution in [2.75, 3.05) is 6.61 Å². The van der Waals surface area contributed by atoms with Gasteiger partial charge in [0.15, 0.2) is 0 Å². The second-order valence-corrected chi connectivity index (χ2v) is 5.87. The van der Waals surface area contributed by atoms with Gasteiger partial charge in [-0.05, 0) is 37.5 Å². The first-order valence-electron chi connectivity index (χ1n) is 6.73. The highest BCUT2D eigenvalue weighted by atomic mass is 35.5. The fraction of sp³-hybridized carbons (Fsp3) is 0.500. The van der Waals surface area contributed by atoms with E-state index in [0.717, 1.165) is 33.9 Å². The molecule has 1 amide bonds. The molecule has 5 nitrogen and oxygen atoms in total. The highest BCUT2D eigenvalue weighted by Crippen LogP contribution is 2.43. The summed E-state index contributed by atoms with van der Waals surface area (Å²) >= 11 is 6.36. The summed E-state index contributed by atoms with van der Waals surface area (Å²) in [5, 5.41) is 0.748. The number of halogens is 1. The van der Waals surface area contributed by atoms with Crippen molar-refractivity contribution in [3.8, 4) is 5.75 Å². The van der Waals surface area contributed by atoms with E-state index in [-0.39, 0.29) is 23.9 Å². The number of ether oxygens (including phenoxy) is 1. The molecule has 6 heteroatoms. The number of primary amides is 1. The number of nitrogens with two attached hydrogens (primary N) is 1. The molecular weight excluding hydrogens is 278 g/mol. The molecule has 4 N–H and O–H groups in total. The average Bonchev–Trinajstić information content (AvgIpc) is 2.72. The standard InChI is InChI=1S/C14H18ClN3O2/c1-6-5-9-10(7(2)11(6)15)12-8(3-4-20-9)13(14(16)19)18-17-12/h5,8,12-13,17-18H,3-4H2,1-2H3,(H2,16,19). The van der Waals surface area contributed by atoms with E-state index in [2.05, 4.69) is 10.9 Å². The highest BCUT2D eigenvalue weighted by Gasteiger charge is 2.43. The molecule has 1 fully saturated rings. The maximum Gasteiger partial charge on any atom is 0.236 e. The Kier molecular flexibility index (Phi) is 3.36. The molecular formula is C14H18ClN3O2. The Bertz CT molecular complexity index is 576. The minimum absolute atomic E-state index is 0.0110. The van der Waals surface area contributed by atoms with E-state index in [1.54, 1.807) is 0 Å². The number of amides is 1. The molecule has 1 aromatic carbocycles. The summed E-state index contributed by atoms with van der Waals surface area (Å²) in [6.45, 7) is 4.52. The van der Waals surface area contributed by atoms with E-state index >= 15 is 0 Å². The lowest BCUT2D eigenvalue weighted by Crippen LogP contribution is -2.43. The van der Waals surface area contributed by atoms with Crippen molar-refractivity contribution in [2.24, 2.45) is 11.7 Å². The third-order valence-corrected chi connectivity index (χ3v) is 4.85. The molecule has 3 unspecified atom stereocenters. The second-order valence-electron chi connectivity index (χ2n) is 5.49. The monoisotopic (exact) mass is 295 g/mol. The summed E-state index contributed by atoms with van der Waals surface area (Å²) in [4.78, 5) is 11.5. The summed E-state index contributed by atoms with van der Waals surface area (Å²) in [7, 11) is 0. The predicted octanol–water partition coefficient (Wildman–Crippen LogP) is 1.36. The molecule has 2 heterocycles. The van der Waals surface area contributed by atoms with Gasteiger partial charge in [0.1, 0.15) is 11.8 Å². The van der Waals surface area contributed by atoms with Crippen LogP contribution in [-0.2, 0) is 4.79 Å². The average molecular weight is 296 g/mol. The maximum atomic E-state index is 11.5. The van der Waals surface area contributed by atoms with Gasteiger partial charge >= 0.3 is 0 Å². The highest BCUT2D eigenvalue weighted by molar-refractivity contribution is 6.32. The Balaban J connectivity index is 2.10. The van der Waals surface area contributed by atoms with Crippen LogP contribution in [0.2, 0.25) is 5.02 Å². The maximum absolute atomic E-state index is 11.5. The zero-order chi connectivity index (χ0) is 14.4. The number of hydrogen-bond acceptors (Lipinski definition) is 4. The van der Waals surface area contributed by atoms with Gasteiger partial charge < -0.3 is 10.5 Å². The molecule has 0 aliphatic carbocycles. The summed E-state index contributed by atoms with van der Waals surface area (Å²) < 4.78 is 5.85. The van der Waals surface area contributed by atoms with Crippen molar-refractivity contribution in [3.63, 3.8) is 0 Å². The number of benzene rings is 1. The lowest BCUT2D eigenvalue weighted by Gasteiger charge is -2.21. The van der Waals surface area contributed by atoms with Gasteiger partial charge in [-0.1, -0.05) is 11.6 Å². The van der Waals surface area contributed by atoms with E-state index in [1.807, 2.05) is 19.9 Å². The number of aryl methyl sites for hydroxylation is 1. The summed E-state index contributed by atoms with van der Waals surface area (Å²) in [5.74, 6) is 0.576. The van der Waals surface area contributed by atoms with Crippen molar-refractivity contribution in [3.05, 3.63) is 27.8 Å². The molecule has 3 atom stereocenters. The number of carbonyl (C=O) groups is 1. The minimum atomic E-state index is -0.381. The zero-order valence-electron chi connectivity index (χ0n) is 11.5. The molecule has 0 bridgehead atoms. The third kappa shape index (κ3) is 1.97. The SMILES string of the molecule is Cc1cc2c(c(C)c1Cl)C1NNC(C(N)=O)C1CCO2. The summed E-state index contributed by atoms with van der Waals surface area (Å²) in [5.41, 5.74) is 14.7. The summed E-state index contributed by atoms with van der Waals surface area (Å²) in [6.07, 6.45) is 0.767. The smallest absolute Gasteiger partial charge is 0.236 e. The third-order valence-electron chi connectivity index (χ3n) is 4.27. The Morgan fingerprint density at radius 2 is 2.20 bits per heavy atom. The van der Waals surface area contributed by atoms with Crippen LogP contribution in [0.4, 0.5) is 0 Å². The van der Waals surface area contributed by atoms with Crippen LogP contribution in [0.25, 0.3) is 0 Å². The van der Waals surface area contributed by atoms with E-state index < -0.39 is 0 Å². The second kappa shape index (κ2) is 4.91. The fourth-order valence-corrected chi connectivity index (χ4v) is 3.39. The van der Waals surface area contributed by atoms with Gasteiger partial charge in [0.2, 0.25) is 5.91 Å². The molecule has 2 aliphatic heterocycles. The normalized spacial score (nSPS) is 28.2. The summed E-state index contributed by atoms with van der Waals surface area (Å²) in [6, 6.07) is 1.57. The number of carbonyl (C=O) groups excluding carboxylic acids is 1. The molecule has 1 aromatic rings. The lowest BCUT2D eigenvalue weighted by molar-refractivity contribution is -0.120. The minimum Gasteiger partial charge on any atom is -0.493 e. The van der Waals surface area contributed by atoms with Gasteiger partial charge in [-0.25, -0.2) is 10.9 Å². The van der Waals surface area contributed by atoms with Gasteiger partial charge in [0, 0.05) is 16.5 Å². The van der Waals surface area contributed by atoms with Crippen molar-refractivity contribution in [1.82, 2.24) is 10.9 Å². The Hall–Kier alpha value is -1.30. The first kappa shape index (κ1) is 13.7. The first-order chi connectivity index (χ1) is 9.50. The molecule has 108 valence electrons. The van der Waals surface area contributed by atoms with E-state index in [1.165, 1.54) is 0 Å². The van der Waals surface area contributed by atoms with Gasteiger partial charge in [0.05, 0.1) is 12.6 Å². The van der Waals surface area contributed by atoms with E-state index in [0.29, 0.717) is 6.61 Å². The fourth-order valence-electron chi connectivity index (χ4n) is 3.24. The Morgan fingerprint density at radius 1 is 1.45 bits per heavy atom. The van der Waals surface area contributed by atoms with Crippen LogP contribution in [0.3, 0.4) is 0 Å². The topological polar surface area (TPSA) is 76.4 Å². The van der Waals surface area contributed by atoms with Crippen LogP contribution in [0, 0.1) is 19.8 Å². The van der Waals surface area contributed by atoms with Gasteiger partial charge in [-0.2, -0.15) is 0 Å². The Labute approximate surface area is 122 Å². The molecule has 20 heavy (non-hydrogen) atoms. The molecule has 0 aromatic heterocycles. The van der Waals surface area contributed by atoms with Crippen molar-refractivity contribution >= 4 is 17.5 Å². The number of fused-ring (bicyclic) bond motifs is 3. The van der Waals surface area contributed by atoms with Crippen LogP contribution in [-0.4, -0.2) is 18.6 Å². The molecule has 0 radical (unpaired) electrons. The zero-order valence-corrected chi connectivity index (χ0v) is 12.3. The number of nitrogens with one attached hydrogen (secondary N) is 2. The molecule has 2 aliphatic rings. The number of hydrogen-bond donors (Lipinski definition) is 3. The quantitative estimate of drug-likeness (QED) is 0.731. The first-order valence-corrected chi connectivity index (χ1v) is 7.11. The molecule has 3 rings (SSSR count). The van der Waals surface area contributed by atoms with Crippen LogP contribution in [0.15, 0.2) is 6.07 Å². The van der Waals surface area contributed by atoms with Crippen LogP contribution in [0.5, 0.6) is 5.75 Å². The lowest BCUT2D eigenvalue weighted by atomic mass is 9.85. The van der Waals surface area contributed by atoms with E-state index in [9.17, 15) is 4.79 Å². The number of rotatable bonds is 1. The largest absolute Gasteiger partial charge is 0.493 e. The van der Waals surface area contributed by atoms with Crippen molar-refractivity contribution in [2.45, 2.75) is 32.4 Å². The Morgan fingerprint density at radius 3 is 2.90 bits per heavy atom. The number of hydrazine groups is 1. The van der Waals surface area contributed by atoms with Crippen LogP contribution in [0.1, 0.15) is 29.2 Å². The molecule has 0 spiro atoms. The van der Waals surface area contributed by atoms with E-state index in [4.69, 9.17) is 22.1 Å². The molecule has 1 saturated heterocycles. The molecule has 0 saturated carbocycles. The van der Waals surface area contributed by atoms with Gasteiger partial charge in [-0.3, -0.25) is 4.79 Å². The van der Waals surface area contributed by atoms with Crippen molar-refractivity contribution < 1.29 is 9.53 Å². The van der Waals surface area contributed by atoms with Gasteiger partial charge in [-0.15, -0.1) is 0 Å². The van der Waals surface area contributed by atoms with Crippen LogP contribution < -0.4 is 21.3 Å².